The maximum absolute atomic E-state index is 11.9. The molecule has 0 aliphatic carbocycles. The molecule has 0 saturated carbocycles. The fourth-order valence-electron chi connectivity index (χ4n) is 1.62. The van der Waals surface area contributed by atoms with Crippen molar-refractivity contribution >= 4 is 34.3 Å². The van der Waals surface area contributed by atoms with Crippen LogP contribution in [0.2, 0.25) is 0 Å². The van der Waals surface area contributed by atoms with Crippen molar-refractivity contribution in [3.63, 3.8) is 0 Å². The van der Waals surface area contributed by atoms with Crippen LogP contribution in [-0.4, -0.2) is 11.1 Å². The second-order valence-corrected chi connectivity index (χ2v) is 5.14. The maximum atomic E-state index is 11.9. The lowest BCUT2D eigenvalue weighted by atomic mass is 10.3. The third-order valence-corrected chi connectivity index (χ3v) is 3.18. The summed E-state index contributed by atoms with van der Waals surface area (Å²) >= 11 is 1.12. The highest BCUT2D eigenvalue weighted by Gasteiger charge is 2.05. The number of thioether (sulfide) groups is 1. The predicted molar refractivity (Wildman–Crippen MR) is 82.1 cm³/mol. The monoisotopic (exact) mass is 286 g/mol. The number of amides is 2. The van der Waals surface area contributed by atoms with Gasteiger partial charge < -0.3 is 10.6 Å². The average molecular weight is 286 g/mol. The average Bonchev–Trinajstić information content (AvgIpc) is 2.39. The number of hydrogen-bond acceptors (Lipinski definition) is 3. The Morgan fingerprint density at radius 3 is 2.20 bits per heavy atom. The van der Waals surface area contributed by atoms with Crippen LogP contribution in [0, 0.1) is 0 Å². The zero-order chi connectivity index (χ0) is 14.4. The number of rotatable bonds is 3. The molecule has 4 nitrogen and oxygen atoms in total. The Labute approximate surface area is 121 Å². The van der Waals surface area contributed by atoms with Crippen molar-refractivity contribution in [3.05, 3.63) is 54.6 Å². The van der Waals surface area contributed by atoms with E-state index >= 15 is 0 Å². The number of benzene rings is 2. The van der Waals surface area contributed by atoms with E-state index in [0.717, 1.165) is 16.7 Å². The molecule has 0 aromatic heterocycles. The van der Waals surface area contributed by atoms with Gasteiger partial charge in [0.2, 0.25) is 5.91 Å². The minimum absolute atomic E-state index is 0.146. The Balaban J connectivity index is 1.99. The van der Waals surface area contributed by atoms with Crippen LogP contribution in [0.1, 0.15) is 6.92 Å². The third kappa shape index (κ3) is 4.44. The van der Waals surface area contributed by atoms with Crippen LogP contribution in [0.3, 0.4) is 0 Å². The van der Waals surface area contributed by atoms with Crippen molar-refractivity contribution in [1.82, 2.24) is 0 Å². The molecule has 0 bridgehead atoms. The van der Waals surface area contributed by atoms with Crippen molar-refractivity contribution in [1.29, 1.82) is 0 Å². The molecule has 0 aliphatic rings. The molecular weight excluding hydrogens is 272 g/mol. The van der Waals surface area contributed by atoms with E-state index in [1.165, 1.54) is 6.92 Å². The van der Waals surface area contributed by atoms with Gasteiger partial charge in [-0.25, -0.2) is 0 Å². The summed E-state index contributed by atoms with van der Waals surface area (Å²) in [4.78, 5) is 23.7. The summed E-state index contributed by atoms with van der Waals surface area (Å²) in [7, 11) is 0. The molecular formula is C15H14N2O2S. The number of carbonyl (C=O) groups is 2. The minimum atomic E-state index is -0.170. The van der Waals surface area contributed by atoms with Gasteiger partial charge in [-0.1, -0.05) is 24.3 Å². The molecule has 0 heterocycles. The van der Waals surface area contributed by atoms with Gasteiger partial charge in [-0.15, -0.1) is 0 Å². The van der Waals surface area contributed by atoms with E-state index in [4.69, 9.17) is 0 Å². The second-order valence-electron chi connectivity index (χ2n) is 4.09. The van der Waals surface area contributed by atoms with Gasteiger partial charge in [0.25, 0.3) is 5.24 Å². The number of anilines is 2. The fourth-order valence-corrected chi connectivity index (χ4v) is 2.29. The van der Waals surface area contributed by atoms with Gasteiger partial charge >= 0.3 is 0 Å². The molecule has 0 fully saturated rings. The van der Waals surface area contributed by atoms with Crippen molar-refractivity contribution in [3.8, 4) is 0 Å². The highest BCUT2D eigenvalue weighted by molar-refractivity contribution is 8.13. The highest BCUT2D eigenvalue weighted by Crippen LogP contribution is 2.21. The lowest BCUT2D eigenvalue weighted by Crippen LogP contribution is -2.08. The van der Waals surface area contributed by atoms with E-state index in [1.54, 1.807) is 24.3 Å². The zero-order valence-corrected chi connectivity index (χ0v) is 11.7. The Morgan fingerprint density at radius 1 is 0.900 bits per heavy atom. The molecule has 20 heavy (non-hydrogen) atoms. The summed E-state index contributed by atoms with van der Waals surface area (Å²) in [5.74, 6) is -0.146. The minimum Gasteiger partial charge on any atom is -0.326 e. The molecule has 2 N–H and O–H groups in total. The van der Waals surface area contributed by atoms with Crippen LogP contribution in [0.15, 0.2) is 59.5 Å². The zero-order valence-electron chi connectivity index (χ0n) is 10.9. The summed E-state index contributed by atoms with van der Waals surface area (Å²) < 4.78 is 0. The number of carbonyl (C=O) groups excluding carboxylic acids is 2. The van der Waals surface area contributed by atoms with E-state index in [0.29, 0.717) is 11.4 Å². The summed E-state index contributed by atoms with van der Waals surface area (Å²) in [5, 5.41) is 5.28. The standard InChI is InChI=1S/C15H14N2O2S/c1-11(18)16-12-6-5-7-13(10-12)17-15(19)20-14-8-3-2-4-9-14/h2-10H,1H3,(H,16,18)(H,17,19). The SMILES string of the molecule is CC(=O)Nc1cccc(NC(=O)Sc2ccccc2)c1. The first-order valence-corrected chi connectivity index (χ1v) is 6.87. The lowest BCUT2D eigenvalue weighted by molar-refractivity contribution is -0.114. The van der Waals surface area contributed by atoms with Crippen molar-refractivity contribution in [2.45, 2.75) is 11.8 Å². The molecule has 0 radical (unpaired) electrons. The van der Waals surface area contributed by atoms with Crippen LogP contribution in [0.25, 0.3) is 0 Å². The molecule has 0 aliphatic heterocycles. The summed E-state index contributed by atoms with van der Waals surface area (Å²) in [6.07, 6.45) is 0. The fraction of sp³-hybridized carbons (Fsp3) is 0.0667. The topological polar surface area (TPSA) is 58.2 Å². The largest absolute Gasteiger partial charge is 0.326 e. The first kappa shape index (κ1) is 14.1. The van der Waals surface area contributed by atoms with Crippen LogP contribution in [0.5, 0.6) is 0 Å². The molecule has 2 aromatic rings. The van der Waals surface area contributed by atoms with Crippen molar-refractivity contribution < 1.29 is 9.59 Å². The molecule has 5 heteroatoms. The summed E-state index contributed by atoms with van der Waals surface area (Å²) in [6, 6.07) is 16.4. The van der Waals surface area contributed by atoms with Gasteiger partial charge in [0.05, 0.1) is 0 Å². The van der Waals surface area contributed by atoms with Crippen LogP contribution in [0.4, 0.5) is 16.2 Å². The molecule has 0 atom stereocenters. The molecule has 0 spiro atoms. The van der Waals surface area contributed by atoms with Crippen LogP contribution >= 0.6 is 11.8 Å². The Hall–Kier alpha value is -2.27. The van der Waals surface area contributed by atoms with E-state index < -0.39 is 0 Å². The Kier molecular flexibility index (Phi) is 4.79. The molecule has 0 unspecified atom stereocenters. The lowest BCUT2D eigenvalue weighted by Gasteiger charge is -2.07. The molecule has 2 aromatic carbocycles. The van der Waals surface area contributed by atoms with Crippen LogP contribution in [-0.2, 0) is 4.79 Å². The Morgan fingerprint density at radius 2 is 1.55 bits per heavy atom. The van der Waals surface area contributed by atoms with Gasteiger partial charge in [-0.3, -0.25) is 9.59 Å². The first-order chi connectivity index (χ1) is 9.63. The molecule has 2 amide bonds. The third-order valence-electron chi connectivity index (χ3n) is 2.38. The van der Waals surface area contributed by atoms with E-state index in [-0.39, 0.29) is 11.1 Å². The van der Waals surface area contributed by atoms with E-state index in [2.05, 4.69) is 10.6 Å². The van der Waals surface area contributed by atoms with Crippen LogP contribution < -0.4 is 10.6 Å². The molecule has 102 valence electrons. The van der Waals surface area contributed by atoms with Crippen molar-refractivity contribution in [2.75, 3.05) is 10.6 Å². The second kappa shape index (κ2) is 6.77. The van der Waals surface area contributed by atoms with Gasteiger partial charge in [0.15, 0.2) is 0 Å². The first-order valence-electron chi connectivity index (χ1n) is 6.05. The predicted octanol–water partition coefficient (Wildman–Crippen LogP) is 3.97. The van der Waals surface area contributed by atoms with E-state index in [1.807, 2.05) is 30.3 Å². The smallest absolute Gasteiger partial charge is 0.288 e. The number of nitrogens with one attached hydrogen (secondary N) is 2. The molecule has 2 rings (SSSR count). The van der Waals surface area contributed by atoms with Crippen molar-refractivity contribution in [2.24, 2.45) is 0 Å². The highest BCUT2D eigenvalue weighted by atomic mass is 32.2. The van der Waals surface area contributed by atoms with Gasteiger partial charge in [0, 0.05) is 23.2 Å². The van der Waals surface area contributed by atoms with Gasteiger partial charge in [-0.2, -0.15) is 0 Å². The summed E-state index contributed by atoms with van der Waals surface area (Å²) in [5.41, 5.74) is 1.30. The quantitative estimate of drug-likeness (QED) is 0.839. The van der Waals surface area contributed by atoms with Gasteiger partial charge in [0.1, 0.15) is 0 Å². The normalized spacial score (nSPS) is 9.85. The number of hydrogen-bond donors (Lipinski definition) is 2. The van der Waals surface area contributed by atoms with E-state index in [9.17, 15) is 9.59 Å². The van der Waals surface area contributed by atoms with Gasteiger partial charge in [-0.05, 0) is 42.1 Å². The Bertz CT molecular complexity index is 614. The maximum Gasteiger partial charge on any atom is 0.288 e. The molecule has 0 saturated heterocycles. The summed E-state index contributed by atoms with van der Waals surface area (Å²) in [6.45, 7) is 1.44.